The Labute approximate surface area is 128 Å². The van der Waals surface area contributed by atoms with Crippen LogP contribution in [0.3, 0.4) is 0 Å². The van der Waals surface area contributed by atoms with E-state index < -0.39 is 5.54 Å². The monoisotopic (exact) mass is 294 g/mol. The lowest BCUT2D eigenvalue weighted by Crippen LogP contribution is -2.70. The summed E-state index contributed by atoms with van der Waals surface area (Å²) in [4.78, 5) is 27.5. The van der Waals surface area contributed by atoms with Gasteiger partial charge in [0, 0.05) is 6.54 Å². The van der Waals surface area contributed by atoms with Gasteiger partial charge in [-0.05, 0) is 25.2 Å². The molecule has 4 nitrogen and oxygen atoms in total. The van der Waals surface area contributed by atoms with Crippen molar-refractivity contribution in [3.8, 4) is 0 Å². The van der Waals surface area contributed by atoms with Gasteiger partial charge in [0.25, 0.3) is 0 Å². The van der Waals surface area contributed by atoms with E-state index in [0.717, 1.165) is 45.1 Å². The average Bonchev–Trinajstić information content (AvgIpc) is 2.92. The van der Waals surface area contributed by atoms with Crippen molar-refractivity contribution in [1.29, 1.82) is 0 Å². The van der Waals surface area contributed by atoms with Crippen LogP contribution >= 0.6 is 0 Å². The smallest absolute Gasteiger partial charge is 0.246 e. The van der Waals surface area contributed by atoms with Crippen molar-refractivity contribution in [3.05, 3.63) is 0 Å². The van der Waals surface area contributed by atoms with Crippen molar-refractivity contribution in [2.75, 3.05) is 6.54 Å². The third-order valence-electron chi connectivity index (χ3n) is 5.09. The molecule has 2 aliphatic rings. The molecular formula is C17H30N2O2. The molecular weight excluding hydrogens is 264 g/mol. The second-order valence-corrected chi connectivity index (χ2v) is 6.98. The Hall–Kier alpha value is -1.06. The molecule has 1 unspecified atom stereocenters. The first kappa shape index (κ1) is 16.3. The largest absolute Gasteiger partial charge is 0.342 e. The second-order valence-electron chi connectivity index (χ2n) is 6.98. The zero-order valence-electron chi connectivity index (χ0n) is 13.8. The van der Waals surface area contributed by atoms with E-state index in [1.165, 1.54) is 12.8 Å². The summed E-state index contributed by atoms with van der Waals surface area (Å²) in [6.45, 7) is 6.94. The lowest BCUT2D eigenvalue weighted by atomic mass is 9.86. The van der Waals surface area contributed by atoms with E-state index in [9.17, 15) is 9.59 Å². The minimum absolute atomic E-state index is 0.0915. The summed E-state index contributed by atoms with van der Waals surface area (Å²) in [5.74, 6) is 0.384. The summed E-state index contributed by atoms with van der Waals surface area (Å²) in [7, 11) is 0. The van der Waals surface area contributed by atoms with E-state index in [4.69, 9.17) is 0 Å². The van der Waals surface area contributed by atoms with E-state index >= 15 is 0 Å². The van der Waals surface area contributed by atoms with E-state index in [1.54, 1.807) is 0 Å². The third kappa shape index (κ3) is 3.09. The molecule has 2 amide bonds. The van der Waals surface area contributed by atoms with Crippen LogP contribution in [0.4, 0.5) is 0 Å². The maximum atomic E-state index is 12.8. The molecule has 1 heterocycles. The maximum absolute atomic E-state index is 12.8. The fourth-order valence-corrected chi connectivity index (χ4v) is 3.77. The van der Waals surface area contributed by atoms with Crippen molar-refractivity contribution in [2.45, 2.75) is 83.7 Å². The van der Waals surface area contributed by atoms with Gasteiger partial charge in [0.2, 0.25) is 11.8 Å². The first-order chi connectivity index (χ1) is 10.0. The highest BCUT2D eigenvalue weighted by molar-refractivity contribution is 6.00. The molecule has 1 aliphatic heterocycles. The van der Waals surface area contributed by atoms with Gasteiger partial charge in [-0.25, -0.2) is 0 Å². The van der Waals surface area contributed by atoms with Crippen LogP contribution in [0.1, 0.15) is 72.1 Å². The second kappa shape index (κ2) is 6.80. The van der Waals surface area contributed by atoms with Gasteiger partial charge in [-0.2, -0.15) is 0 Å². The molecule has 0 aromatic rings. The van der Waals surface area contributed by atoms with E-state index in [1.807, 2.05) is 18.7 Å². The molecule has 1 spiro atoms. The number of hydrogen-bond donors (Lipinski definition) is 1. The summed E-state index contributed by atoms with van der Waals surface area (Å²) in [5, 5.41) is 3.00. The van der Waals surface area contributed by atoms with E-state index in [2.05, 4.69) is 12.2 Å². The van der Waals surface area contributed by atoms with Crippen molar-refractivity contribution >= 4 is 11.8 Å². The summed E-state index contributed by atoms with van der Waals surface area (Å²) in [5.41, 5.74) is -0.533. The zero-order chi connectivity index (χ0) is 15.5. The molecule has 2 fully saturated rings. The molecule has 0 aromatic heterocycles. The highest BCUT2D eigenvalue weighted by Gasteiger charge is 2.53. The molecule has 0 aromatic carbocycles. The molecule has 1 aliphatic carbocycles. The van der Waals surface area contributed by atoms with Crippen LogP contribution < -0.4 is 5.32 Å². The minimum atomic E-state index is -0.533. The van der Waals surface area contributed by atoms with Gasteiger partial charge in [-0.3, -0.25) is 9.59 Å². The topological polar surface area (TPSA) is 49.4 Å². The van der Waals surface area contributed by atoms with Gasteiger partial charge >= 0.3 is 0 Å². The summed E-state index contributed by atoms with van der Waals surface area (Å²) < 4.78 is 0. The maximum Gasteiger partial charge on any atom is 0.246 e. The van der Waals surface area contributed by atoms with Gasteiger partial charge in [0.1, 0.15) is 11.6 Å². The van der Waals surface area contributed by atoms with E-state index in [0.29, 0.717) is 0 Å². The number of piperazine rings is 1. The Balaban J connectivity index is 2.15. The molecule has 0 bridgehead atoms. The Morgan fingerprint density at radius 3 is 2.43 bits per heavy atom. The van der Waals surface area contributed by atoms with Crippen LogP contribution in [0.5, 0.6) is 0 Å². The predicted octanol–water partition coefficient (Wildman–Crippen LogP) is 2.86. The van der Waals surface area contributed by atoms with Gasteiger partial charge in [-0.1, -0.05) is 52.9 Å². The molecule has 4 heteroatoms. The fourth-order valence-electron chi connectivity index (χ4n) is 3.77. The highest BCUT2D eigenvalue weighted by Crippen LogP contribution is 2.39. The van der Waals surface area contributed by atoms with Crippen molar-refractivity contribution < 1.29 is 9.59 Å². The first-order valence-electron chi connectivity index (χ1n) is 8.65. The van der Waals surface area contributed by atoms with Crippen molar-refractivity contribution in [2.24, 2.45) is 5.92 Å². The minimum Gasteiger partial charge on any atom is -0.342 e. The van der Waals surface area contributed by atoms with Crippen LogP contribution in [0, 0.1) is 5.92 Å². The summed E-state index contributed by atoms with van der Waals surface area (Å²) >= 11 is 0. The number of rotatable bonds is 6. The zero-order valence-corrected chi connectivity index (χ0v) is 13.8. The Kier molecular flexibility index (Phi) is 5.28. The average molecular weight is 294 g/mol. The number of amides is 2. The Bertz CT molecular complexity index is 386. The summed E-state index contributed by atoms with van der Waals surface area (Å²) in [6, 6.07) is -0.338. The van der Waals surface area contributed by atoms with Gasteiger partial charge < -0.3 is 10.2 Å². The van der Waals surface area contributed by atoms with Crippen LogP contribution in [-0.4, -0.2) is 34.8 Å². The van der Waals surface area contributed by atoms with Gasteiger partial charge in [0.15, 0.2) is 0 Å². The van der Waals surface area contributed by atoms with Crippen LogP contribution in [0.15, 0.2) is 0 Å². The number of nitrogens with zero attached hydrogens (tertiary/aromatic N) is 1. The molecule has 21 heavy (non-hydrogen) atoms. The fraction of sp³-hybridized carbons (Fsp3) is 0.882. The summed E-state index contributed by atoms with van der Waals surface area (Å²) in [6.07, 6.45) is 8.33. The van der Waals surface area contributed by atoms with Crippen LogP contribution in [-0.2, 0) is 9.59 Å². The Morgan fingerprint density at radius 2 is 1.86 bits per heavy atom. The highest BCUT2D eigenvalue weighted by atomic mass is 16.2. The number of carbonyl (C=O) groups excluding carboxylic acids is 2. The Morgan fingerprint density at radius 1 is 1.19 bits per heavy atom. The molecule has 0 radical (unpaired) electrons. The molecule has 1 atom stereocenters. The quantitative estimate of drug-likeness (QED) is 0.766. The number of carbonyl (C=O) groups is 2. The number of unbranched alkanes of at least 4 members (excludes halogenated alkanes) is 3. The van der Waals surface area contributed by atoms with Gasteiger partial charge in [-0.15, -0.1) is 0 Å². The molecule has 1 saturated heterocycles. The molecule has 1 N–H and O–H groups in total. The number of nitrogens with one attached hydrogen (secondary N) is 1. The number of hydrogen-bond acceptors (Lipinski definition) is 2. The van der Waals surface area contributed by atoms with Crippen LogP contribution in [0.2, 0.25) is 0 Å². The molecule has 1 saturated carbocycles. The lowest BCUT2D eigenvalue weighted by Gasteiger charge is -2.47. The van der Waals surface area contributed by atoms with Gasteiger partial charge in [0.05, 0.1) is 0 Å². The van der Waals surface area contributed by atoms with Crippen molar-refractivity contribution in [1.82, 2.24) is 10.2 Å². The lowest BCUT2D eigenvalue weighted by molar-refractivity contribution is -0.158. The predicted molar refractivity (Wildman–Crippen MR) is 83.8 cm³/mol. The SMILES string of the molecule is CCCCCCN1C(=O)C(C(C)C)NC(=O)C12CCCC2. The van der Waals surface area contributed by atoms with Crippen LogP contribution in [0.25, 0.3) is 0 Å². The van der Waals surface area contributed by atoms with Crippen molar-refractivity contribution in [3.63, 3.8) is 0 Å². The van der Waals surface area contributed by atoms with E-state index in [-0.39, 0.29) is 23.8 Å². The first-order valence-corrected chi connectivity index (χ1v) is 8.65. The standard InChI is InChI=1S/C17H30N2O2/c1-4-5-6-9-12-19-15(20)14(13(2)3)18-16(21)17(19)10-7-8-11-17/h13-14H,4-12H2,1-3H3,(H,18,21). The third-order valence-corrected chi connectivity index (χ3v) is 5.09. The molecule has 120 valence electrons. The normalized spacial score (nSPS) is 25.0. The molecule has 2 rings (SSSR count).